The fourth-order valence-electron chi connectivity index (χ4n) is 3.94. The normalized spacial score (nSPS) is 26.0. The van der Waals surface area contributed by atoms with Crippen LogP contribution < -0.4 is 9.64 Å². The molecule has 0 bridgehead atoms. The molecular formula is C18H25N3O2. The van der Waals surface area contributed by atoms with Gasteiger partial charge < -0.3 is 14.5 Å². The first-order valence-corrected chi connectivity index (χ1v) is 8.70. The lowest BCUT2D eigenvalue weighted by molar-refractivity contribution is -0.132. The van der Waals surface area contributed by atoms with E-state index in [9.17, 15) is 4.79 Å². The zero-order valence-corrected chi connectivity index (χ0v) is 13.8. The number of nitrogens with zero attached hydrogens (tertiary/aromatic N) is 3. The molecule has 4 rings (SSSR count). The van der Waals surface area contributed by atoms with Crippen LogP contribution in [0, 0.1) is 0 Å². The maximum Gasteiger partial charge on any atom is 0.240 e. The van der Waals surface area contributed by atoms with Gasteiger partial charge in [-0.3, -0.25) is 9.69 Å². The summed E-state index contributed by atoms with van der Waals surface area (Å²) < 4.78 is 5.47. The number of hydrogen-bond acceptors (Lipinski definition) is 4. The number of anilines is 1. The molecule has 1 atom stereocenters. The number of para-hydroxylation sites is 2. The predicted octanol–water partition coefficient (Wildman–Crippen LogP) is 1.58. The van der Waals surface area contributed by atoms with Crippen molar-refractivity contribution >= 4 is 11.6 Å². The van der Waals surface area contributed by atoms with Gasteiger partial charge in [-0.1, -0.05) is 12.1 Å². The van der Waals surface area contributed by atoms with E-state index in [1.54, 1.807) is 7.11 Å². The van der Waals surface area contributed by atoms with E-state index in [4.69, 9.17) is 4.74 Å². The molecule has 0 spiro atoms. The largest absolute Gasteiger partial charge is 0.495 e. The summed E-state index contributed by atoms with van der Waals surface area (Å²) in [4.78, 5) is 19.5. The van der Waals surface area contributed by atoms with E-state index in [1.807, 2.05) is 12.1 Å². The maximum atomic E-state index is 12.6. The minimum absolute atomic E-state index is 0.121. The van der Waals surface area contributed by atoms with E-state index in [0.717, 1.165) is 50.6 Å². The number of rotatable bonds is 4. The minimum atomic E-state index is 0.121. The Kier molecular flexibility index (Phi) is 3.89. The van der Waals surface area contributed by atoms with Crippen LogP contribution in [0.1, 0.15) is 19.3 Å². The Morgan fingerprint density at radius 1 is 1.00 bits per heavy atom. The van der Waals surface area contributed by atoms with E-state index in [0.29, 0.717) is 11.9 Å². The summed E-state index contributed by atoms with van der Waals surface area (Å²) in [6, 6.07) is 8.86. The fourth-order valence-corrected chi connectivity index (χ4v) is 3.94. The zero-order chi connectivity index (χ0) is 15.8. The van der Waals surface area contributed by atoms with Gasteiger partial charge in [0.1, 0.15) is 5.75 Å². The first-order valence-electron chi connectivity index (χ1n) is 8.70. The van der Waals surface area contributed by atoms with Gasteiger partial charge in [-0.25, -0.2) is 0 Å². The van der Waals surface area contributed by atoms with Gasteiger partial charge in [0.2, 0.25) is 5.91 Å². The van der Waals surface area contributed by atoms with E-state index in [1.165, 1.54) is 12.8 Å². The smallest absolute Gasteiger partial charge is 0.240 e. The number of carbonyl (C=O) groups is 1. The molecule has 1 aromatic carbocycles. The van der Waals surface area contributed by atoms with Crippen molar-refractivity contribution in [1.82, 2.24) is 9.80 Å². The molecule has 1 aliphatic carbocycles. The Morgan fingerprint density at radius 2 is 1.74 bits per heavy atom. The molecule has 1 saturated carbocycles. The second-order valence-electron chi connectivity index (χ2n) is 6.76. The van der Waals surface area contributed by atoms with Crippen LogP contribution >= 0.6 is 0 Å². The average molecular weight is 315 g/mol. The van der Waals surface area contributed by atoms with Crippen LogP contribution in [0.5, 0.6) is 5.75 Å². The number of hydrogen-bond donors (Lipinski definition) is 0. The monoisotopic (exact) mass is 315 g/mol. The molecule has 1 aromatic rings. The number of carbonyl (C=O) groups excluding carboxylic acids is 1. The number of amides is 1. The van der Waals surface area contributed by atoms with E-state index < -0.39 is 0 Å². The van der Waals surface area contributed by atoms with Crippen LogP contribution in [0.4, 0.5) is 5.69 Å². The van der Waals surface area contributed by atoms with Crippen molar-refractivity contribution in [2.24, 2.45) is 0 Å². The van der Waals surface area contributed by atoms with Gasteiger partial charge in [0.15, 0.2) is 0 Å². The standard InChI is InChI=1S/C18H25N3O2/c1-23-17-5-3-2-4-15(17)19-10-12-20(13-11-19)16-8-9-21(18(16)22)14-6-7-14/h2-5,14,16H,6-13H2,1H3. The molecule has 0 aromatic heterocycles. The second-order valence-corrected chi connectivity index (χ2v) is 6.76. The Bertz CT molecular complexity index is 579. The molecule has 2 aliphatic heterocycles. The summed E-state index contributed by atoms with van der Waals surface area (Å²) in [5, 5.41) is 0. The van der Waals surface area contributed by atoms with Gasteiger partial charge >= 0.3 is 0 Å². The number of ether oxygens (including phenoxy) is 1. The van der Waals surface area contributed by atoms with Crippen molar-refractivity contribution in [3.8, 4) is 5.75 Å². The molecule has 3 aliphatic rings. The lowest BCUT2D eigenvalue weighted by Crippen LogP contribution is -2.52. The number of benzene rings is 1. The Labute approximate surface area is 137 Å². The third-order valence-corrected chi connectivity index (χ3v) is 5.38. The van der Waals surface area contributed by atoms with Crippen LogP contribution in [0.3, 0.4) is 0 Å². The second kappa shape index (κ2) is 6.04. The van der Waals surface area contributed by atoms with Crippen molar-refractivity contribution in [2.45, 2.75) is 31.3 Å². The predicted molar refractivity (Wildman–Crippen MR) is 89.9 cm³/mol. The lowest BCUT2D eigenvalue weighted by atomic mass is 10.1. The Balaban J connectivity index is 1.38. The summed E-state index contributed by atoms with van der Waals surface area (Å²) in [5.41, 5.74) is 1.16. The summed E-state index contributed by atoms with van der Waals surface area (Å²) in [6.07, 6.45) is 3.42. The van der Waals surface area contributed by atoms with Crippen molar-refractivity contribution < 1.29 is 9.53 Å². The first kappa shape index (κ1) is 14.8. The molecule has 5 nitrogen and oxygen atoms in total. The van der Waals surface area contributed by atoms with Crippen molar-refractivity contribution in [3.63, 3.8) is 0 Å². The third kappa shape index (κ3) is 2.78. The lowest BCUT2D eigenvalue weighted by Gasteiger charge is -2.38. The maximum absolute atomic E-state index is 12.6. The number of likely N-dealkylation sites (tertiary alicyclic amines) is 1. The summed E-state index contributed by atoms with van der Waals surface area (Å²) in [6.45, 7) is 4.77. The third-order valence-electron chi connectivity index (χ3n) is 5.38. The van der Waals surface area contributed by atoms with E-state index in [-0.39, 0.29) is 6.04 Å². The van der Waals surface area contributed by atoms with E-state index in [2.05, 4.69) is 26.8 Å². The van der Waals surface area contributed by atoms with Gasteiger partial charge in [-0.2, -0.15) is 0 Å². The van der Waals surface area contributed by atoms with E-state index >= 15 is 0 Å². The van der Waals surface area contributed by atoms with Crippen LogP contribution in [-0.2, 0) is 4.79 Å². The molecule has 2 saturated heterocycles. The highest BCUT2D eigenvalue weighted by Gasteiger charge is 2.43. The van der Waals surface area contributed by atoms with Crippen LogP contribution in [0.15, 0.2) is 24.3 Å². The molecule has 5 heteroatoms. The van der Waals surface area contributed by atoms with Crippen molar-refractivity contribution in [2.75, 3.05) is 44.7 Å². The SMILES string of the molecule is COc1ccccc1N1CCN(C2CCN(C3CC3)C2=O)CC1. The van der Waals surface area contributed by atoms with Gasteiger partial charge in [0.05, 0.1) is 18.8 Å². The molecule has 124 valence electrons. The molecule has 23 heavy (non-hydrogen) atoms. The van der Waals surface area contributed by atoms with Crippen LogP contribution in [-0.4, -0.2) is 67.6 Å². The van der Waals surface area contributed by atoms with Crippen molar-refractivity contribution in [3.05, 3.63) is 24.3 Å². The molecular weight excluding hydrogens is 290 g/mol. The summed E-state index contributed by atoms with van der Waals surface area (Å²) in [7, 11) is 1.72. The molecule has 0 N–H and O–H groups in total. The van der Waals surface area contributed by atoms with Gasteiger partial charge in [-0.15, -0.1) is 0 Å². The summed E-state index contributed by atoms with van der Waals surface area (Å²) >= 11 is 0. The number of piperazine rings is 1. The highest BCUT2D eigenvalue weighted by atomic mass is 16.5. The molecule has 1 unspecified atom stereocenters. The quantitative estimate of drug-likeness (QED) is 0.845. The zero-order valence-electron chi connectivity index (χ0n) is 13.8. The van der Waals surface area contributed by atoms with Gasteiger partial charge in [0.25, 0.3) is 0 Å². The minimum Gasteiger partial charge on any atom is -0.495 e. The average Bonchev–Trinajstić information content (AvgIpc) is 3.37. The Morgan fingerprint density at radius 3 is 2.43 bits per heavy atom. The van der Waals surface area contributed by atoms with Crippen LogP contribution in [0.25, 0.3) is 0 Å². The molecule has 3 fully saturated rings. The van der Waals surface area contributed by atoms with Gasteiger partial charge in [-0.05, 0) is 31.4 Å². The first-order chi connectivity index (χ1) is 11.3. The molecule has 0 radical (unpaired) electrons. The molecule has 1 amide bonds. The number of methoxy groups -OCH3 is 1. The topological polar surface area (TPSA) is 36.0 Å². The Hall–Kier alpha value is -1.75. The van der Waals surface area contributed by atoms with Crippen LogP contribution in [0.2, 0.25) is 0 Å². The van der Waals surface area contributed by atoms with Crippen molar-refractivity contribution in [1.29, 1.82) is 0 Å². The summed E-state index contributed by atoms with van der Waals surface area (Å²) in [5.74, 6) is 1.30. The highest BCUT2D eigenvalue weighted by molar-refractivity contribution is 5.84. The highest BCUT2D eigenvalue weighted by Crippen LogP contribution is 2.33. The molecule has 2 heterocycles. The fraction of sp³-hybridized carbons (Fsp3) is 0.611. The van der Waals surface area contributed by atoms with Gasteiger partial charge in [0, 0.05) is 38.8 Å².